The summed E-state index contributed by atoms with van der Waals surface area (Å²) in [4.78, 5) is 23.2. The van der Waals surface area contributed by atoms with Crippen LogP contribution in [-0.4, -0.2) is 56.8 Å². The van der Waals surface area contributed by atoms with Gasteiger partial charge < -0.3 is 9.80 Å². The average molecular weight is 514 g/mol. The molecule has 2 saturated heterocycles. The smallest absolute Gasteiger partial charge is 0.271 e. The number of nitro groups is 1. The number of nitro benzene ring substituents is 1. The molecule has 3 fully saturated rings. The molecule has 1 spiro atoms. The molecule has 0 radical (unpaired) electrons. The number of rotatable bonds is 5. The van der Waals surface area contributed by atoms with E-state index in [0.29, 0.717) is 22.4 Å². The summed E-state index contributed by atoms with van der Waals surface area (Å²) in [7, 11) is 0. The van der Waals surface area contributed by atoms with E-state index < -0.39 is 16.7 Å². The second-order valence-electron chi connectivity index (χ2n) is 10.3. The average Bonchev–Trinajstić information content (AvgIpc) is 3.45. The molecule has 3 aromatic rings. The third-order valence-corrected chi connectivity index (χ3v) is 7.90. The van der Waals surface area contributed by atoms with Crippen molar-refractivity contribution in [2.24, 2.45) is 5.41 Å². The third-order valence-electron chi connectivity index (χ3n) is 7.90. The van der Waals surface area contributed by atoms with Crippen LogP contribution >= 0.6 is 0 Å². The number of aromatic nitrogens is 4. The largest absolute Gasteiger partial charge is 0.370 e. The van der Waals surface area contributed by atoms with E-state index >= 15 is 0 Å². The predicted octanol–water partition coefficient (Wildman–Crippen LogP) is 4.99. The van der Waals surface area contributed by atoms with Crippen LogP contribution < -0.4 is 9.80 Å². The Morgan fingerprint density at radius 3 is 2.30 bits per heavy atom. The summed E-state index contributed by atoms with van der Waals surface area (Å²) in [6.07, 6.45) is 8.13. The zero-order chi connectivity index (χ0) is 25.8. The zero-order valence-corrected chi connectivity index (χ0v) is 20.1. The van der Waals surface area contributed by atoms with Crippen LogP contribution in [0.25, 0.3) is 16.9 Å². The Morgan fingerprint density at radius 2 is 1.62 bits per heavy atom. The Bertz CT molecular complexity index is 1340. The molecule has 0 bridgehead atoms. The highest BCUT2D eigenvalue weighted by Gasteiger charge is 2.44. The van der Waals surface area contributed by atoms with Crippen molar-refractivity contribution in [3.63, 3.8) is 0 Å². The van der Waals surface area contributed by atoms with Gasteiger partial charge in [0.05, 0.1) is 28.7 Å². The number of hydrogen-bond donors (Lipinski definition) is 0. The first-order valence-electron chi connectivity index (χ1n) is 12.5. The van der Waals surface area contributed by atoms with Gasteiger partial charge in [0.1, 0.15) is 5.69 Å². The highest BCUT2D eigenvalue weighted by molar-refractivity contribution is 5.68. The summed E-state index contributed by atoms with van der Waals surface area (Å²) in [6.45, 7) is 1.78. The summed E-state index contributed by atoms with van der Waals surface area (Å²) >= 11 is 0. The normalized spacial score (nSPS) is 20.3. The van der Waals surface area contributed by atoms with Crippen molar-refractivity contribution in [2.45, 2.75) is 44.4 Å². The topological polar surface area (TPSA) is 93.2 Å². The number of alkyl halides is 2. The fourth-order valence-corrected chi connectivity index (χ4v) is 5.29. The van der Waals surface area contributed by atoms with Gasteiger partial charge in [0.25, 0.3) is 11.6 Å². The number of non-ortho nitro benzene ring substituents is 1. The number of piperidine rings is 2. The molecule has 2 aromatic heterocycles. The summed E-state index contributed by atoms with van der Waals surface area (Å²) in [5, 5.41) is 15.9. The van der Waals surface area contributed by atoms with Crippen LogP contribution in [0.5, 0.6) is 0 Å². The lowest BCUT2D eigenvalue weighted by Crippen LogP contribution is -2.40. The van der Waals surface area contributed by atoms with Crippen molar-refractivity contribution < 1.29 is 18.1 Å². The van der Waals surface area contributed by atoms with E-state index in [1.807, 2.05) is 0 Å². The lowest BCUT2D eigenvalue weighted by Gasteiger charge is -2.34. The molecule has 0 unspecified atom stereocenters. The minimum atomic E-state index is -2.71. The van der Waals surface area contributed by atoms with Crippen molar-refractivity contribution in [3.8, 4) is 16.9 Å². The molecule has 1 aliphatic carbocycles. The first kappa shape index (κ1) is 23.7. The van der Waals surface area contributed by atoms with E-state index in [-0.39, 0.29) is 43.3 Å². The monoisotopic (exact) mass is 513 g/mol. The molecule has 2 aliphatic heterocycles. The number of benzene rings is 1. The Hall–Kier alpha value is -3.70. The van der Waals surface area contributed by atoms with Crippen LogP contribution in [-0.2, 0) is 0 Å². The van der Waals surface area contributed by atoms with Gasteiger partial charge in [-0.1, -0.05) is 0 Å². The molecule has 1 aromatic carbocycles. The van der Waals surface area contributed by atoms with Crippen LogP contribution in [0.4, 0.5) is 30.5 Å². The SMILES string of the molecule is O=[N+]([O-])c1ccc(-n2cc(-c3nc(N4CCC(F)(F)CC4)ncc3F)cn2)c(N2CCC3(CC2)CC3)c1. The number of nitrogens with zero attached hydrogens (tertiary/aromatic N) is 7. The number of hydrogen-bond acceptors (Lipinski definition) is 7. The minimum absolute atomic E-state index is 0.00330. The Labute approximate surface area is 211 Å². The molecule has 0 atom stereocenters. The van der Waals surface area contributed by atoms with Crippen LogP contribution in [0.2, 0.25) is 0 Å². The van der Waals surface area contributed by atoms with Crippen LogP contribution in [0, 0.1) is 21.3 Å². The Morgan fingerprint density at radius 1 is 0.919 bits per heavy atom. The Kier molecular flexibility index (Phi) is 5.57. The van der Waals surface area contributed by atoms with Gasteiger partial charge in [-0.3, -0.25) is 10.1 Å². The molecule has 3 aliphatic rings. The van der Waals surface area contributed by atoms with Gasteiger partial charge in [0.15, 0.2) is 5.82 Å². The molecular weight excluding hydrogens is 487 g/mol. The molecule has 0 N–H and O–H groups in total. The van der Waals surface area contributed by atoms with Crippen molar-refractivity contribution in [2.75, 3.05) is 36.0 Å². The van der Waals surface area contributed by atoms with Crippen LogP contribution in [0.15, 0.2) is 36.8 Å². The van der Waals surface area contributed by atoms with E-state index in [9.17, 15) is 23.3 Å². The quantitative estimate of drug-likeness (QED) is 0.350. The zero-order valence-electron chi connectivity index (χ0n) is 20.1. The van der Waals surface area contributed by atoms with Gasteiger partial charge in [-0.2, -0.15) is 5.10 Å². The third kappa shape index (κ3) is 4.60. The highest BCUT2D eigenvalue weighted by Crippen LogP contribution is 2.54. The molecule has 194 valence electrons. The van der Waals surface area contributed by atoms with Crippen LogP contribution in [0.3, 0.4) is 0 Å². The molecule has 0 amide bonds. The maximum atomic E-state index is 14.8. The fraction of sp³-hybridized carbons (Fsp3) is 0.480. The molecular formula is C25H26F3N7O2. The van der Waals surface area contributed by atoms with Crippen LogP contribution in [0.1, 0.15) is 38.5 Å². The summed E-state index contributed by atoms with van der Waals surface area (Å²) in [5.41, 5.74) is 2.21. The van der Waals surface area contributed by atoms with Gasteiger partial charge in [-0.15, -0.1) is 0 Å². The van der Waals surface area contributed by atoms with E-state index in [1.54, 1.807) is 27.9 Å². The summed E-state index contributed by atoms with van der Waals surface area (Å²) < 4.78 is 43.5. The van der Waals surface area contributed by atoms with Gasteiger partial charge in [0, 0.05) is 62.9 Å². The van der Waals surface area contributed by atoms with Gasteiger partial charge in [-0.05, 0) is 37.2 Å². The minimum Gasteiger partial charge on any atom is -0.370 e. The first-order valence-corrected chi connectivity index (χ1v) is 12.5. The molecule has 9 nitrogen and oxygen atoms in total. The van der Waals surface area contributed by atoms with Crippen molar-refractivity contribution in [1.82, 2.24) is 19.7 Å². The maximum absolute atomic E-state index is 14.8. The van der Waals surface area contributed by atoms with Crippen molar-refractivity contribution >= 4 is 17.3 Å². The molecule has 37 heavy (non-hydrogen) atoms. The lowest BCUT2D eigenvalue weighted by molar-refractivity contribution is -0.384. The van der Waals surface area contributed by atoms with Gasteiger partial charge in [-0.25, -0.2) is 27.8 Å². The lowest BCUT2D eigenvalue weighted by atomic mass is 9.93. The van der Waals surface area contributed by atoms with Crippen molar-refractivity contribution in [1.29, 1.82) is 0 Å². The van der Waals surface area contributed by atoms with Gasteiger partial charge in [0.2, 0.25) is 5.95 Å². The highest BCUT2D eigenvalue weighted by atomic mass is 19.3. The second kappa shape index (κ2) is 8.70. The van der Waals surface area contributed by atoms with E-state index in [4.69, 9.17) is 0 Å². The van der Waals surface area contributed by atoms with E-state index in [2.05, 4.69) is 20.0 Å². The number of halogens is 3. The second-order valence-corrected chi connectivity index (χ2v) is 10.3. The summed E-state index contributed by atoms with van der Waals surface area (Å²) in [5.74, 6) is -3.17. The molecule has 12 heteroatoms. The first-order chi connectivity index (χ1) is 17.7. The fourth-order valence-electron chi connectivity index (χ4n) is 5.29. The van der Waals surface area contributed by atoms with Crippen molar-refractivity contribution in [3.05, 3.63) is 52.7 Å². The predicted molar refractivity (Wildman–Crippen MR) is 131 cm³/mol. The number of anilines is 2. The molecule has 4 heterocycles. The Balaban J connectivity index is 1.31. The molecule has 1 saturated carbocycles. The maximum Gasteiger partial charge on any atom is 0.271 e. The van der Waals surface area contributed by atoms with E-state index in [1.165, 1.54) is 25.1 Å². The standard InChI is InChI=1S/C25H26F3N7O2/c26-19-15-29-23(33-11-7-25(27,28)8-12-33)31-22(19)17-14-30-34(16-17)20-2-1-18(35(36)37)13-21(20)32-9-5-24(3-4-24)6-10-32/h1-2,13-16H,3-12H2. The van der Waals surface area contributed by atoms with Gasteiger partial charge >= 0.3 is 0 Å². The van der Waals surface area contributed by atoms with E-state index in [0.717, 1.165) is 32.1 Å². The molecule has 6 rings (SSSR count). The summed E-state index contributed by atoms with van der Waals surface area (Å²) in [6, 6.07) is 4.65.